The summed E-state index contributed by atoms with van der Waals surface area (Å²) in [6, 6.07) is 0. The Bertz CT molecular complexity index is 658. The fraction of sp³-hybridized carbons (Fsp3) is 0.417. The number of nitrogens with one attached hydrogen (secondary N) is 1. The van der Waals surface area contributed by atoms with Crippen LogP contribution in [0, 0.1) is 0 Å². The van der Waals surface area contributed by atoms with Crippen molar-refractivity contribution in [2.75, 3.05) is 32.2 Å². The minimum Gasteiger partial charge on any atom is -0.490 e. The number of aliphatic hydroxyl groups excluding tert-OH is 1. The van der Waals surface area contributed by atoms with Crippen LogP contribution < -0.4 is 10.1 Å². The molecule has 114 valence electrons. The van der Waals surface area contributed by atoms with Gasteiger partial charge in [-0.2, -0.15) is 9.61 Å². The van der Waals surface area contributed by atoms with Crippen molar-refractivity contribution in [3.05, 3.63) is 16.9 Å². The fourth-order valence-electron chi connectivity index (χ4n) is 1.81. The number of anilines is 1. The number of aromatic nitrogens is 3. The zero-order chi connectivity index (χ0) is 15.4. The average Bonchev–Trinajstić information content (AvgIpc) is 2.88. The molecule has 9 heteroatoms. The molecule has 2 aromatic heterocycles. The number of methoxy groups -OCH3 is 1. The van der Waals surface area contributed by atoms with E-state index in [0.29, 0.717) is 5.82 Å². The van der Waals surface area contributed by atoms with E-state index in [1.54, 1.807) is 6.92 Å². The molecule has 0 bridgehead atoms. The molecule has 0 aliphatic heterocycles. The number of aliphatic hydroxyl groups is 1. The molecule has 2 rings (SSSR count). The maximum atomic E-state index is 11.9. The molecule has 0 aliphatic rings. The Labute approximate surface area is 125 Å². The van der Waals surface area contributed by atoms with Crippen molar-refractivity contribution in [1.29, 1.82) is 0 Å². The lowest BCUT2D eigenvalue weighted by Gasteiger charge is -2.13. The summed E-state index contributed by atoms with van der Waals surface area (Å²) in [7, 11) is 1.44. The van der Waals surface area contributed by atoms with Crippen LogP contribution in [0.25, 0.3) is 5.65 Å². The molecule has 0 amide bonds. The number of fused-ring (bicyclic) bond motifs is 1. The Hall–Kier alpha value is -2.06. The van der Waals surface area contributed by atoms with Crippen LogP contribution in [0.3, 0.4) is 0 Å². The van der Waals surface area contributed by atoms with E-state index in [4.69, 9.17) is 26.2 Å². The quantitative estimate of drug-likeness (QED) is 0.605. The highest BCUT2D eigenvalue weighted by molar-refractivity contribution is 6.31. The summed E-state index contributed by atoms with van der Waals surface area (Å²) in [6.07, 6.45) is 1.35. The van der Waals surface area contributed by atoms with Gasteiger partial charge in [-0.25, -0.2) is 9.78 Å². The van der Waals surface area contributed by atoms with Crippen molar-refractivity contribution in [2.24, 2.45) is 0 Å². The molecule has 0 unspecified atom stereocenters. The van der Waals surface area contributed by atoms with Crippen molar-refractivity contribution in [2.45, 2.75) is 6.92 Å². The summed E-state index contributed by atoms with van der Waals surface area (Å²) in [5.41, 5.74) is 0.452. The van der Waals surface area contributed by atoms with Gasteiger partial charge in [-0.15, -0.1) is 0 Å². The molecule has 8 nitrogen and oxygen atoms in total. The molecule has 2 aromatic rings. The van der Waals surface area contributed by atoms with Crippen molar-refractivity contribution in [3.8, 4) is 5.75 Å². The van der Waals surface area contributed by atoms with Crippen LogP contribution >= 0.6 is 11.6 Å². The molecule has 0 aliphatic carbocycles. The number of ether oxygens (including phenoxy) is 2. The molecule has 0 spiro atoms. The highest BCUT2D eigenvalue weighted by Gasteiger charge is 2.21. The van der Waals surface area contributed by atoms with Gasteiger partial charge in [-0.05, 0) is 6.92 Å². The Balaban J connectivity index is 2.60. The lowest BCUT2D eigenvalue weighted by molar-refractivity contribution is 0.0528. The number of carbonyl (C=O) groups excluding carboxylic acids is 1. The van der Waals surface area contributed by atoms with Crippen LogP contribution in [0.1, 0.15) is 17.3 Å². The predicted molar refractivity (Wildman–Crippen MR) is 76.1 cm³/mol. The van der Waals surface area contributed by atoms with E-state index in [1.165, 1.54) is 17.8 Å². The minimum absolute atomic E-state index is 0.0801. The third kappa shape index (κ3) is 2.86. The van der Waals surface area contributed by atoms with Crippen molar-refractivity contribution < 1.29 is 19.4 Å². The molecule has 2 heterocycles. The molecular formula is C12H15ClN4O4. The topological polar surface area (TPSA) is 98.0 Å². The largest absolute Gasteiger partial charge is 0.490 e. The Morgan fingerprint density at radius 1 is 1.57 bits per heavy atom. The second kappa shape index (κ2) is 6.59. The van der Waals surface area contributed by atoms with Gasteiger partial charge >= 0.3 is 5.97 Å². The first kappa shape index (κ1) is 15.3. The molecule has 0 atom stereocenters. The molecule has 0 aromatic carbocycles. The zero-order valence-corrected chi connectivity index (χ0v) is 12.3. The average molecular weight is 315 g/mol. The standard InChI is InChI=1S/C12H15ClN4O4/c1-3-21-12(19)7-6-15-17-10(7)16-9(13)8(20-2)11(17)14-4-5-18/h6,14,18H,3-5H2,1-2H3. The molecule has 0 saturated heterocycles. The summed E-state index contributed by atoms with van der Waals surface area (Å²) in [6.45, 7) is 2.13. The highest BCUT2D eigenvalue weighted by atomic mass is 35.5. The van der Waals surface area contributed by atoms with E-state index in [9.17, 15) is 4.79 Å². The summed E-state index contributed by atoms with van der Waals surface area (Å²) < 4.78 is 11.5. The van der Waals surface area contributed by atoms with Gasteiger partial charge in [0.25, 0.3) is 0 Å². The summed E-state index contributed by atoms with van der Waals surface area (Å²) in [5, 5.41) is 16.0. The summed E-state index contributed by atoms with van der Waals surface area (Å²) >= 11 is 6.07. The lowest BCUT2D eigenvalue weighted by Crippen LogP contribution is -2.13. The van der Waals surface area contributed by atoms with Crippen LogP contribution in [0.15, 0.2) is 6.20 Å². The Morgan fingerprint density at radius 3 is 2.95 bits per heavy atom. The van der Waals surface area contributed by atoms with Gasteiger partial charge in [0, 0.05) is 6.54 Å². The molecule has 0 fully saturated rings. The maximum Gasteiger partial charge on any atom is 0.343 e. The van der Waals surface area contributed by atoms with E-state index in [2.05, 4.69) is 15.4 Å². The van der Waals surface area contributed by atoms with Gasteiger partial charge in [0.1, 0.15) is 5.56 Å². The number of rotatable bonds is 6. The number of nitrogens with zero attached hydrogens (tertiary/aromatic N) is 3. The van der Waals surface area contributed by atoms with Gasteiger partial charge < -0.3 is 19.9 Å². The minimum atomic E-state index is -0.533. The van der Waals surface area contributed by atoms with Crippen molar-refractivity contribution in [3.63, 3.8) is 0 Å². The first-order chi connectivity index (χ1) is 10.1. The smallest absolute Gasteiger partial charge is 0.343 e. The van der Waals surface area contributed by atoms with Crippen LogP contribution in [-0.4, -0.2) is 52.5 Å². The predicted octanol–water partition coefficient (Wildman–Crippen LogP) is 0.972. The van der Waals surface area contributed by atoms with E-state index in [1.807, 2.05) is 0 Å². The second-order valence-electron chi connectivity index (χ2n) is 3.95. The summed E-state index contributed by atoms with van der Waals surface area (Å²) in [4.78, 5) is 16.0. The third-order valence-corrected chi connectivity index (χ3v) is 2.92. The number of carbonyl (C=O) groups is 1. The van der Waals surface area contributed by atoms with Gasteiger partial charge in [0.05, 0.1) is 26.5 Å². The van der Waals surface area contributed by atoms with E-state index in [0.717, 1.165) is 0 Å². The van der Waals surface area contributed by atoms with E-state index < -0.39 is 5.97 Å². The fourth-order valence-corrected chi connectivity index (χ4v) is 2.06. The van der Waals surface area contributed by atoms with Crippen molar-refractivity contribution >= 4 is 29.0 Å². The maximum absolute atomic E-state index is 11.9. The first-order valence-corrected chi connectivity index (χ1v) is 6.64. The Kier molecular flexibility index (Phi) is 4.81. The van der Waals surface area contributed by atoms with Crippen LogP contribution in [0.2, 0.25) is 5.15 Å². The van der Waals surface area contributed by atoms with Crippen LogP contribution in [0.4, 0.5) is 5.82 Å². The molecule has 2 N–H and O–H groups in total. The lowest BCUT2D eigenvalue weighted by atomic mass is 10.3. The third-order valence-electron chi connectivity index (χ3n) is 2.67. The second-order valence-corrected chi connectivity index (χ2v) is 4.31. The molecule has 0 radical (unpaired) electrons. The SMILES string of the molecule is CCOC(=O)c1cnn2c(NCCO)c(OC)c(Cl)nc12. The monoisotopic (exact) mass is 314 g/mol. The van der Waals surface area contributed by atoms with E-state index in [-0.39, 0.29) is 41.9 Å². The highest BCUT2D eigenvalue weighted by Crippen LogP contribution is 2.32. The number of hydrogen-bond donors (Lipinski definition) is 2. The molecule has 0 saturated carbocycles. The Morgan fingerprint density at radius 2 is 2.33 bits per heavy atom. The van der Waals surface area contributed by atoms with Gasteiger partial charge in [0.2, 0.25) is 0 Å². The number of halogens is 1. The number of hydrogen-bond acceptors (Lipinski definition) is 7. The first-order valence-electron chi connectivity index (χ1n) is 6.27. The van der Waals surface area contributed by atoms with Gasteiger partial charge in [-0.3, -0.25) is 0 Å². The summed E-state index contributed by atoms with van der Waals surface area (Å²) in [5.74, 6) is 0.141. The van der Waals surface area contributed by atoms with Crippen molar-refractivity contribution in [1.82, 2.24) is 14.6 Å². The van der Waals surface area contributed by atoms with Gasteiger partial charge in [0.15, 0.2) is 22.4 Å². The molecular weight excluding hydrogens is 300 g/mol. The number of esters is 1. The zero-order valence-electron chi connectivity index (χ0n) is 11.6. The molecule has 21 heavy (non-hydrogen) atoms. The normalized spacial score (nSPS) is 10.7. The van der Waals surface area contributed by atoms with Crippen LogP contribution in [0.5, 0.6) is 5.75 Å². The van der Waals surface area contributed by atoms with Crippen LogP contribution in [-0.2, 0) is 4.74 Å². The van der Waals surface area contributed by atoms with Gasteiger partial charge in [-0.1, -0.05) is 11.6 Å². The van der Waals surface area contributed by atoms with E-state index >= 15 is 0 Å².